The van der Waals surface area contributed by atoms with Gasteiger partial charge >= 0.3 is 6.18 Å². The number of methoxy groups -OCH3 is 1. The molecule has 0 saturated carbocycles. The van der Waals surface area contributed by atoms with Crippen LogP contribution in [0.15, 0.2) is 226 Å². The van der Waals surface area contributed by atoms with Gasteiger partial charge in [-0.05, 0) is 80.6 Å². The molecule has 2 aromatic carbocycles. The molecule has 4 amide bonds. The number of terminal acetylenes is 1. The number of carbonyl (C=O) groups excluding carboxylic acids is 4. The predicted octanol–water partition coefficient (Wildman–Crippen LogP) is 13.4. The molecule has 0 fully saturated rings. The first kappa shape index (κ1) is 67.9. The van der Waals surface area contributed by atoms with Gasteiger partial charge in [-0.1, -0.05) is 47.4 Å². The Kier molecular flexibility index (Phi) is 23.6. The van der Waals surface area contributed by atoms with Crippen molar-refractivity contribution in [3.8, 4) is 64.4 Å². The zero-order chi connectivity index (χ0) is 68.4. The van der Waals surface area contributed by atoms with Gasteiger partial charge in [0.05, 0.1) is 85.3 Å². The number of hydrogen-bond acceptors (Lipinski definition) is 22. The van der Waals surface area contributed by atoms with Crippen molar-refractivity contribution in [3.63, 3.8) is 0 Å². The lowest BCUT2D eigenvalue weighted by Gasteiger charge is -2.09. The summed E-state index contributed by atoms with van der Waals surface area (Å²) >= 11 is 1.29. The number of amides is 4. The lowest BCUT2D eigenvalue weighted by molar-refractivity contribution is -0.141. The van der Waals surface area contributed by atoms with Gasteiger partial charge < -0.3 is 39.6 Å². The number of hydrogen-bond donors (Lipinski definition) is 4. The van der Waals surface area contributed by atoms with Crippen LogP contribution in [0.5, 0.6) is 52.0 Å². The van der Waals surface area contributed by atoms with E-state index in [4.69, 9.17) is 30.1 Å². The van der Waals surface area contributed by atoms with Crippen molar-refractivity contribution >= 4 is 58.1 Å². The molecule has 0 atom stereocenters. The SMILES string of the molecule is C#Cc1csc(C(=O)Nc2cncc(Oc3cncnc3)c2)c1.COc1ccnc(C(=O)Nc2cncc(Oc3cncnc3)c2)c1.Cc1cccc(C(=O)Nc2cccc(Oc3ccc(C(F)(F)F)nc3)n2)c1.Cc1cccc(C(=O)Nc2nccc(Oc3cccnc3)n2)c1. The lowest BCUT2D eigenvalue weighted by atomic mass is 10.1. The Labute approximate surface area is 554 Å². The summed E-state index contributed by atoms with van der Waals surface area (Å²) < 4.78 is 64.8. The van der Waals surface area contributed by atoms with Crippen LogP contribution in [0.25, 0.3) is 0 Å². The van der Waals surface area contributed by atoms with Crippen LogP contribution in [0.2, 0.25) is 0 Å². The van der Waals surface area contributed by atoms with Crippen molar-refractivity contribution in [1.29, 1.82) is 0 Å². The normalized spacial score (nSPS) is 10.3. The summed E-state index contributed by atoms with van der Waals surface area (Å²) in [5.41, 5.74) is 3.87. The van der Waals surface area contributed by atoms with Crippen LogP contribution < -0.4 is 45.0 Å². The number of pyridine rings is 6. The summed E-state index contributed by atoms with van der Waals surface area (Å²) in [5, 5.41) is 12.5. The van der Waals surface area contributed by atoms with Crippen LogP contribution >= 0.6 is 11.3 Å². The highest BCUT2D eigenvalue weighted by Crippen LogP contribution is 2.30. The third-order valence-electron chi connectivity index (χ3n) is 12.2. The quantitative estimate of drug-likeness (QED) is 0.0615. The molecule has 97 heavy (non-hydrogen) atoms. The van der Waals surface area contributed by atoms with E-state index in [1.165, 1.54) is 99.1 Å². The Bertz CT molecular complexity index is 4680. The number of thiophene rings is 1. The minimum absolute atomic E-state index is 0.0951. The molecular weight excluding hydrogens is 1270 g/mol. The molecule has 0 bridgehead atoms. The Morgan fingerprint density at radius 2 is 1.05 bits per heavy atom. The van der Waals surface area contributed by atoms with Crippen LogP contribution in [-0.2, 0) is 6.18 Å². The maximum absolute atomic E-state index is 12.5. The first-order chi connectivity index (χ1) is 47.0. The number of anilines is 4. The molecule has 0 aliphatic carbocycles. The van der Waals surface area contributed by atoms with Gasteiger partial charge in [-0.2, -0.15) is 23.1 Å². The van der Waals surface area contributed by atoms with Crippen LogP contribution in [0.1, 0.15) is 63.3 Å². The number of nitrogens with one attached hydrogen (secondary N) is 4. The molecule has 0 radical (unpaired) electrons. The maximum atomic E-state index is 12.5. The van der Waals surface area contributed by atoms with E-state index in [-0.39, 0.29) is 52.7 Å². The summed E-state index contributed by atoms with van der Waals surface area (Å²) in [4.78, 5) is 96.5. The molecule has 484 valence electrons. The second-order valence-corrected chi connectivity index (χ2v) is 20.4. The Morgan fingerprint density at radius 1 is 0.474 bits per heavy atom. The van der Waals surface area contributed by atoms with E-state index in [1.54, 1.807) is 109 Å². The number of aryl methyl sites for hydroxylation is 2. The van der Waals surface area contributed by atoms with Gasteiger partial charge in [0.15, 0.2) is 11.5 Å². The molecule has 29 heteroatoms. The fourth-order valence-corrected chi connectivity index (χ4v) is 8.55. The molecule has 4 N–H and O–H groups in total. The molecule has 0 aliphatic rings. The maximum Gasteiger partial charge on any atom is 0.433 e. The number of carbonyl (C=O) groups is 4. The molecule has 10 aromatic heterocycles. The average molecular weight is 1330 g/mol. The lowest BCUT2D eigenvalue weighted by Crippen LogP contribution is -2.14. The van der Waals surface area contributed by atoms with Gasteiger partial charge in [0.25, 0.3) is 23.6 Å². The number of nitrogens with zero attached hydrogens (tertiary/aromatic N) is 12. The van der Waals surface area contributed by atoms with Crippen molar-refractivity contribution in [2.75, 3.05) is 28.4 Å². The van der Waals surface area contributed by atoms with E-state index in [0.29, 0.717) is 73.3 Å². The first-order valence-electron chi connectivity index (χ1n) is 28.3. The van der Waals surface area contributed by atoms with Crippen LogP contribution in [-0.4, -0.2) is 90.5 Å². The number of aromatic nitrogens is 12. The second kappa shape index (κ2) is 33.7. The topological polar surface area (TPSA) is 317 Å². The van der Waals surface area contributed by atoms with Gasteiger partial charge in [-0.25, -0.2) is 29.9 Å². The number of rotatable bonds is 17. The van der Waals surface area contributed by atoms with Gasteiger partial charge in [0, 0.05) is 71.0 Å². The van der Waals surface area contributed by atoms with E-state index >= 15 is 0 Å². The number of alkyl halides is 3. The van der Waals surface area contributed by atoms with E-state index in [2.05, 4.69) is 87.0 Å². The molecule has 0 unspecified atom stereocenters. The van der Waals surface area contributed by atoms with E-state index in [9.17, 15) is 32.3 Å². The second-order valence-electron chi connectivity index (χ2n) is 19.5. The zero-order valence-corrected chi connectivity index (χ0v) is 51.8. The highest BCUT2D eigenvalue weighted by atomic mass is 32.1. The molecule has 25 nitrogen and oxygen atoms in total. The first-order valence-corrected chi connectivity index (χ1v) is 29.2. The molecular formula is C68H51F3N16O9S. The predicted molar refractivity (Wildman–Crippen MR) is 350 cm³/mol. The van der Waals surface area contributed by atoms with Crippen molar-refractivity contribution in [2.24, 2.45) is 0 Å². The zero-order valence-electron chi connectivity index (χ0n) is 51.0. The summed E-state index contributed by atoms with van der Waals surface area (Å²) in [5.74, 6) is 5.18. The molecule has 0 spiro atoms. The molecule has 0 saturated heterocycles. The van der Waals surface area contributed by atoms with E-state index in [0.717, 1.165) is 29.5 Å². The van der Waals surface area contributed by atoms with Gasteiger partial charge in [0.1, 0.15) is 58.6 Å². The molecule has 0 aliphatic heterocycles. The summed E-state index contributed by atoms with van der Waals surface area (Å²) in [7, 11) is 1.52. The van der Waals surface area contributed by atoms with Crippen LogP contribution in [0, 0.1) is 26.2 Å². The van der Waals surface area contributed by atoms with Crippen molar-refractivity contribution in [3.05, 3.63) is 270 Å². The summed E-state index contributed by atoms with van der Waals surface area (Å²) in [6.07, 6.45) is 23.0. The largest absolute Gasteiger partial charge is 0.497 e. The van der Waals surface area contributed by atoms with Crippen molar-refractivity contribution < 1.29 is 56.0 Å². The number of ether oxygens (including phenoxy) is 5. The van der Waals surface area contributed by atoms with Crippen molar-refractivity contribution in [2.45, 2.75) is 20.0 Å². The standard InChI is InChI=1S/C19H14F3N3O2.C17H14N4O2.C16H13N5O3.C16H10N4O2S/c1-12-4-2-5-13(10-12)18(26)25-16-6-3-7-17(24-16)27-14-8-9-15(23-11-14)19(20,21)22;1-12-4-2-5-13(10-12)16(22)21-17-19-9-7-15(20-17)23-14-6-3-8-18-11-14;1-23-12-2-3-20-15(5-12)16(22)21-11-4-13(7-17-6-11)24-14-8-18-10-19-9-14;1-2-11-3-15(23-9-11)16(21)20-12-4-13(6-17-5-12)22-14-7-18-10-19-8-14/h2-11H,1H3,(H,24,25,26);2-11H,1H3,(H,19,20,21,22);2-10H,1H3,(H,21,22);1,3-10H,(H,20,21). The smallest absolute Gasteiger partial charge is 0.433 e. The molecule has 12 aromatic rings. The third kappa shape index (κ3) is 21.6. The number of benzene rings is 2. The molecule has 12 rings (SSSR count). The Morgan fingerprint density at radius 3 is 1.62 bits per heavy atom. The van der Waals surface area contributed by atoms with Gasteiger partial charge in [0.2, 0.25) is 17.7 Å². The highest BCUT2D eigenvalue weighted by molar-refractivity contribution is 7.12. The van der Waals surface area contributed by atoms with Crippen LogP contribution in [0.4, 0.5) is 36.3 Å². The Balaban J connectivity index is 0.000000152. The minimum atomic E-state index is -4.52. The average Bonchev–Trinajstić information content (AvgIpc) is 1.88. The highest BCUT2D eigenvalue weighted by Gasteiger charge is 2.32. The van der Waals surface area contributed by atoms with E-state index in [1.807, 2.05) is 32.0 Å². The minimum Gasteiger partial charge on any atom is -0.497 e. The number of halogens is 3. The van der Waals surface area contributed by atoms with Gasteiger partial charge in [-0.15, -0.1) is 17.8 Å². The third-order valence-corrected chi connectivity index (χ3v) is 13.1. The fraction of sp³-hybridized carbons (Fsp3) is 0.0588. The fourth-order valence-electron chi connectivity index (χ4n) is 7.81. The van der Waals surface area contributed by atoms with Gasteiger partial charge in [-0.3, -0.25) is 44.4 Å². The summed E-state index contributed by atoms with van der Waals surface area (Å²) in [6.45, 7) is 3.80. The Hall–Kier alpha value is -13.5. The van der Waals surface area contributed by atoms with Crippen LogP contribution in [0.3, 0.4) is 0 Å². The molecule has 10 heterocycles. The monoisotopic (exact) mass is 1320 g/mol. The summed E-state index contributed by atoms with van der Waals surface area (Å²) in [6, 6.07) is 34.3. The van der Waals surface area contributed by atoms with E-state index < -0.39 is 11.9 Å². The van der Waals surface area contributed by atoms with Crippen molar-refractivity contribution in [1.82, 2.24) is 59.8 Å².